The molecule has 31 heavy (non-hydrogen) atoms. The van der Waals surface area contributed by atoms with Gasteiger partial charge in [-0.2, -0.15) is 0 Å². The highest BCUT2D eigenvalue weighted by atomic mass is 19.4. The van der Waals surface area contributed by atoms with Crippen LogP contribution in [0.5, 0.6) is 5.75 Å². The number of carbonyl (C=O) groups excluding carboxylic acids is 2. The van der Waals surface area contributed by atoms with E-state index in [1.807, 2.05) is 0 Å². The van der Waals surface area contributed by atoms with E-state index >= 15 is 0 Å². The summed E-state index contributed by atoms with van der Waals surface area (Å²) in [6, 6.07) is 14.4. The summed E-state index contributed by atoms with van der Waals surface area (Å²) < 4.78 is 40.6. The maximum absolute atomic E-state index is 12.6. The quantitative estimate of drug-likeness (QED) is 0.594. The fourth-order valence-corrected chi connectivity index (χ4v) is 2.76. The van der Waals surface area contributed by atoms with Crippen LogP contribution in [-0.4, -0.2) is 23.2 Å². The fraction of sp³-hybridized carbons (Fsp3) is 0.136. The van der Waals surface area contributed by atoms with Gasteiger partial charge in [0.15, 0.2) is 0 Å². The lowest BCUT2D eigenvalue weighted by Gasteiger charge is -2.16. The number of anilines is 1. The summed E-state index contributed by atoms with van der Waals surface area (Å²) in [4.78, 5) is 28.7. The molecular weight excluding hydrogens is 411 g/mol. The summed E-state index contributed by atoms with van der Waals surface area (Å²) >= 11 is 0. The van der Waals surface area contributed by atoms with Crippen molar-refractivity contribution in [3.05, 3.63) is 89.7 Å². The van der Waals surface area contributed by atoms with Crippen LogP contribution in [0.2, 0.25) is 0 Å². The number of ether oxygens (including phenoxy) is 1. The van der Waals surface area contributed by atoms with E-state index in [4.69, 9.17) is 0 Å². The number of alkyl halides is 3. The highest BCUT2D eigenvalue weighted by Crippen LogP contribution is 2.24. The minimum atomic E-state index is -4.77. The Bertz CT molecular complexity index is 1050. The Labute approximate surface area is 176 Å². The van der Waals surface area contributed by atoms with Crippen LogP contribution in [0.15, 0.2) is 73.1 Å². The molecule has 2 amide bonds. The van der Waals surface area contributed by atoms with Crippen LogP contribution in [0.3, 0.4) is 0 Å². The van der Waals surface area contributed by atoms with E-state index in [-0.39, 0.29) is 11.7 Å². The molecule has 160 valence electrons. The van der Waals surface area contributed by atoms with Crippen molar-refractivity contribution in [1.29, 1.82) is 0 Å². The number of hydrogen-bond donors (Lipinski definition) is 2. The van der Waals surface area contributed by atoms with Gasteiger partial charge >= 0.3 is 6.36 Å². The smallest absolute Gasteiger partial charge is 0.406 e. The van der Waals surface area contributed by atoms with Crippen molar-refractivity contribution in [2.45, 2.75) is 19.3 Å². The van der Waals surface area contributed by atoms with Gasteiger partial charge in [-0.1, -0.05) is 18.2 Å². The Morgan fingerprint density at radius 2 is 1.68 bits per heavy atom. The number of halogens is 3. The molecule has 0 spiro atoms. The molecule has 0 aliphatic carbocycles. The van der Waals surface area contributed by atoms with E-state index in [2.05, 4.69) is 20.4 Å². The van der Waals surface area contributed by atoms with Gasteiger partial charge < -0.3 is 15.4 Å². The lowest BCUT2D eigenvalue weighted by molar-refractivity contribution is -0.274. The predicted molar refractivity (Wildman–Crippen MR) is 108 cm³/mol. The van der Waals surface area contributed by atoms with Crippen LogP contribution in [-0.2, 0) is 0 Å². The first-order chi connectivity index (χ1) is 14.7. The number of benzene rings is 2. The first-order valence-electron chi connectivity index (χ1n) is 9.19. The minimum Gasteiger partial charge on any atom is -0.406 e. The molecule has 0 saturated carbocycles. The van der Waals surface area contributed by atoms with Crippen LogP contribution in [0.1, 0.15) is 39.2 Å². The van der Waals surface area contributed by atoms with Crippen LogP contribution in [0.25, 0.3) is 0 Å². The van der Waals surface area contributed by atoms with Gasteiger partial charge in [0.2, 0.25) is 0 Å². The molecule has 0 bridgehead atoms. The Morgan fingerprint density at radius 3 is 2.32 bits per heavy atom. The Hall–Kier alpha value is -3.88. The zero-order valence-electron chi connectivity index (χ0n) is 16.3. The number of carbonyl (C=O) groups is 2. The molecule has 0 aliphatic heterocycles. The van der Waals surface area contributed by atoms with E-state index in [1.54, 1.807) is 43.5 Å². The largest absolute Gasteiger partial charge is 0.573 e. The SMILES string of the molecule is CC(NC(=O)c1cccc(NC(=O)c2cccnc2)c1)c1ccc(OC(F)(F)F)cc1. The number of aromatic nitrogens is 1. The summed E-state index contributed by atoms with van der Waals surface area (Å²) in [5, 5.41) is 5.47. The maximum Gasteiger partial charge on any atom is 0.573 e. The van der Waals surface area contributed by atoms with Gasteiger partial charge in [0.1, 0.15) is 5.75 Å². The first kappa shape index (κ1) is 21.8. The second-order valence-electron chi connectivity index (χ2n) is 6.59. The molecule has 0 aliphatic rings. The second-order valence-corrected chi connectivity index (χ2v) is 6.59. The molecule has 3 aromatic rings. The molecule has 2 N–H and O–H groups in total. The van der Waals surface area contributed by atoms with Crippen molar-refractivity contribution in [2.24, 2.45) is 0 Å². The van der Waals surface area contributed by atoms with Gasteiger partial charge in [-0.25, -0.2) is 0 Å². The highest BCUT2D eigenvalue weighted by molar-refractivity contribution is 6.04. The Kier molecular flexibility index (Phi) is 6.54. The predicted octanol–water partition coefficient (Wildman–Crippen LogP) is 4.72. The summed E-state index contributed by atoms with van der Waals surface area (Å²) in [5.41, 5.74) is 1.73. The van der Waals surface area contributed by atoms with Crippen LogP contribution >= 0.6 is 0 Å². The summed E-state index contributed by atoms with van der Waals surface area (Å²) in [6.45, 7) is 1.70. The molecule has 1 unspecified atom stereocenters. The molecule has 6 nitrogen and oxygen atoms in total. The Morgan fingerprint density at radius 1 is 0.968 bits per heavy atom. The molecular formula is C22H18F3N3O3. The van der Waals surface area contributed by atoms with Crippen molar-refractivity contribution >= 4 is 17.5 Å². The normalized spacial score (nSPS) is 12.0. The van der Waals surface area contributed by atoms with Crippen molar-refractivity contribution in [1.82, 2.24) is 10.3 Å². The molecule has 0 radical (unpaired) electrons. The fourth-order valence-electron chi connectivity index (χ4n) is 2.76. The molecule has 0 saturated heterocycles. The maximum atomic E-state index is 12.6. The average molecular weight is 429 g/mol. The summed E-state index contributed by atoms with van der Waals surface area (Å²) in [5.74, 6) is -1.10. The van der Waals surface area contributed by atoms with Gasteiger partial charge in [0.05, 0.1) is 11.6 Å². The standard InChI is InChI=1S/C22H18F3N3O3/c1-14(15-7-9-19(10-8-15)31-22(23,24)25)27-20(29)16-4-2-6-18(12-16)28-21(30)17-5-3-11-26-13-17/h2-14H,1H3,(H,27,29)(H,28,30). The van der Waals surface area contributed by atoms with Crippen molar-refractivity contribution < 1.29 is 27.5 Å². The molecule has 1 atom stereocenters. The van der Waals surface area contributed by atoms with Crippen LogP contribution < -0.4 is 15.4 Å². The monoisotopic (exact) mass is 429 g/mol. The van der Waals surface area contributed by atoms with Crippen molar-refractivity contribution in [3.63, 3.8) is 0 Å². The third-order valence-electron chi connectivity index (χ3n) is 4.27. The van der Waals surface area contributed by atoms with Gasteiger partial charge in [-0.05, 0) is 55.0 Å². The van der Waals surface area contributed by atoms with E-state index in [1.165, 1.54) is 36.5 Å². The summed E-state index contributed by atoms with van der Waals surface area (Å²) in [7, 11) is 0. The summed E-state index contributed by atoms with van der Waals surface area (Å²) in [6.07, 6.45) is -1.78. The van der Waals surface area contributed by atoms with Crippen LogP contribution in [0.4, 0.5) is 18.9 Å². The zero-order valence-corrected chi connectivity index (χ0v) is 16.3. The number of nitrogens with zero attached hydrogens (tertiary/aromatic N) is 1. The van der Waals surface area contributed by atoms with E-state index in [0.717, 1.165) is 0 Å². The molecule has 2 aromatic carbocycles. The van der Waals surface area contributed by atoms with Gasteiger partial charge in [-0.3, -0.25) is 14.6 Å². The van der Waals surface area contributed by atoms with Gasteiger partial charge in [-0.15, -0.1) is 13.2 Å². The Balaban J connectivity index is 1.63. The van der Waals surface area contributed by atoms with Crippen LogP contribution in [0, 0.1) is 0 Å². The number of hydrogen-bond acceptors (Lipinski definition) is 4. The highest BCUT2D eigenvalue weighted by Gasteiger charge is 2.31. The molecule has 3 rings (SSSR count). The third kappa shape index (κ3) is 6.30. The molecule has 1 aromatic heterocycles. The van der Waals surface area contributed by atoms with E-state index in [9.17, 15) is 22.8 Å². The minimum absolute atomic E-state index is 0.313. The lowest BCUT2D eigenvalue weighted by atomic mass is 10.1. The molecule has 1 heterocycles. The van der Waals surface area contributed by atoms with Gasteiger partial charge in [0.25, 0.3) is 11.8 Å². The number of rotatable bonds is 6. The van der Waals surface area contributed by atoms with Crippen molar-refractivity contribution in [3.8, 4) is 5.75 Å². The number of pyridine rings is 1. The first-order valence-corrected chi connectivity index (χ1v) is 9.19. The topological polar surface area (TPSA) is 80.3 Å². The number of amides is 2. The van der Waals surface area contributed by atoms with Crippen molar-refractivity contribution in [2.75, 3.05) is 5.32 Å². The average Bonchev–Trinajstić information content (AvgIpc) is 2.74. The molecule has 9 heteroatoms. The zero-order chi connectivity index (χ0) is 22.4. The lowest BCUT2D eigenvalue weighted by Crippen LogP contribution is -2.26. The van der Waals surface area contributed by atoms with Gasteiger partial charge in [0, 0.05) is 23.6 Å². The second kappa shape index (κ2) is 9.29. The third-order valence-corrected chi connectivity index (χ3v) is 4.27. The molecule has 0 fully saturated rings. The number of nitrogens with one attached hydrogen (secondary N) is 2. The van der Waals surface area contributed by atoms with E-state index in [0.29, 0.717) is 22.4 Å². The van der Waals surface area contributed by atoms with E-state index < -0.39 is 18.3 Å².